The molecule has 2 aliphatic rings. The molecule has 1 aromatic heterocycles. The summed E-state index contributed by atoms with van der Waals surface area (Å²) in [6.07, 6.45) is 4.37. The third-order valence-electron chi connectivity index (χ3n) is 5.30. The van der Waals surface area contributed by atoms with Crippen molar-refractivity contribution in [3.05, 3.63) is 47.6 Å². The minimum absolute atomic E-state index is 0.00394. The number of rotatable bonds is 4. The first kappa shape index (κ1) is 13.0. The summed E-state index contributed by atoms with van der Waals surface area (Å²) in [5, 5.41) is 7.78. The Balaban J connectivity index is 1.69. The molecule has 0 spiro atoms. The first-order valence-corrected chi connectivity index (χ1v) is 7.90. The van der Waals surface area contributed by atoms with Crippen molar-refractivity contribution in [2.75, 3.05) is 13.1 Å². The number of hydrogen-bond acceptors (Lipinski definition) is 4. The Hall–Kier alpha value is -1.68. The molecule has 0 bridgehead atoms. The van der Waals surface area contributed by atoms with Gasteiger partial charge in [-0.05, 0) is 37.8 Å². The van der Waals surface area contributed by atoms with Gasteiger partial charge in [0.15, 0.2) is 5.82 Å². The first-order chi connectivity index (χ1) is 10.3. The van der Waals surface area contributed by atoms with Crippen LogP contribution in [-0.2, 0) is 10.8 Å². The van der Waals surface area contributed by atoms with Crippen LogP contribution in [-0.4, -0.2) is 23.2 Å². The summed E-state index contributed by atoms with van der Waals surface area (Å²) in [6, 6.07) is 10.6. The van der Waals surface area contributed by atoms with Crippen molar-refractivity contribution in [2.24, 2.45) is 0 Å². The summed E-state index contributed by atoms with van der Waals surface area (Å²) in [7, 11) is 0. The lowest BCUT2D eigenvalue weighted by atomic mass is 9.84. The molecule has 21 heavy (non-hydrogen) atoms. The second-order valence-electron chi connectivity index (χ2n) is 6.43. The number of hydrogen-bond donors (Lipinski definition) is 1. The minimum atomic E-state index is 0.00394. The normalized spacial score (nSPS) is 26.9. The largest absolute Gasteiger partial charge is 0.339 e. The molecule has 1 atom stereocenters. The van der Waals surface area contributed by atoms with E-state index in [9.17, 15) is 0 Å². The van der Waals surface area contributed by atoms with Crippen molar-refractivity contribution in [1.82, 2.24) is 15.5 Å². The molecule has 1 aromatic carbocycles. The lowest BCUT2D eigenvalue weighted by Crippen LogP contribution is -2.28. The topological polar surface area (TPSA) is 51.0 Å². The zero-order chi connectivity index (χ0) is 14.3. The van der Waals surface area contributed by atoms with Crippen molar-refractivity contribution >= 4 is 0 Å². The molecule has 110 valence electrons. The molecule has 4 rings (SSSR count). The monoisotopic (exact) mass is 283 g/mol. The summed E-state index contributed by atoms with van der Waals surface area (Å²) < 4.78 is 5.69. The van der Waals surface area contributed by atoms with Gasteiger partial charge < -0.3 is 9.84 Å². The summed E-state index contributed by atoms with van der Waals surface area (Å²) in [5.41, 5.74) is 1.36. The maximum atomic E-state index is 5.69. The molecule has 1 saturated heterocycles. The molecule has 2 fully saturated rings. The fourth-order valence-electron chi connectivity index (χ4n) is 3.54. The van der Waals surface area contributed by atoms with Crippen molar-refractivity contribution in [3.63, 3.8) is 0 Å². The molecule has 1 unspecified atom stereocenters. The Morgan fingerprint density at radius 1 is 1.19 bits per heavy atom. The van der Waals surface area contributed by atoms with Crippen LogP contribution in [0.15, 0.2) is 34.9 Å². The third-order valence-corrected chi connectivity index (χ3v) is 5.30. The highest BCUT2D eigenvalue weighted by molar-refractivity contribution is 5.39. The zero-order valence-electron chi connectivity index (χ0n) is 12.4. The second-order valence-corrected chi connectivity index (χ2v) is 6.43. The minimum Gasteiger partial charge on any atom is -0.339 e. The van der Waals surface area contributed by atoms with E-state index in [1.165, 1.54) is 5.56 Å². The molecular formula is C17H21N3O. The van der Waals surface area contributed by atoms with E-state index in [0.29, 0.717) is 0 Å². The van der Waals surface area contributed by atoms with Crippen LogP contribution in [0.4, 0.5) is 0 Å². The molecule has 1 saturated carbocycles. The Morgan fingerprint density at radius 3 is 2.62 bits per heavy atom. The van der Waals surface area contributed by atoms with Crippen molar-refractivity contribution in [3.8, 4) is 0 Å². The van der Waals surface area contributed by atoms with Gasteiger partial charge in [0.05, 0.1) is 10.8 Å². The average Bonchev–Trinajstić information content (AvgIpc) is 2.99. The highest BCUT2D eigenvalue weighted by Crippen LogP contribution is 2.52. The molecule has 0 radical (unpaired) electrons. The van der Waals surface area contributed by atoms with E-state index in [-0.39, 0.29) is 10.8 Å². The first-order valence-electron chi connectivity index (χ1n) is 7.90. The fourth-order valence-corrected chi connectivity index (χ4v) is 3.54. The van der Waals surface area contributed by atoms with E-state index in [0.717, 1.165) is 50.5 Å². The highest BCUT2D eigenvalue weighted by atomic mass is 16.5. The van der Waals surface area contributed by atoms with Crippen LogP contribution in [0.3, 0.4) is 0 Å². The SMILES string of the molecule is CCC1(c2nc(C3(c4ccccc4)CC3)no2)CCNC1. The van der Waals surface area contributed by atoms with Crippen LogP contribution in [0.1, 0.15) is 49.9 Å². The predicted molar refractivity (Wildman–Crippen MR) is 80.2 cm³/mol. The Morgan fingerprint density at radius 2 is 2.00 bits per heavy atom. The molecule has 1 aliphatic heterocycles. The molecule has 2 heterocycles. The van der Waals surface area contributed by atoms with Gasteiger partial charge in [-0.15, -0.1) is 0 Å². The predicted octanol–water partition coefficient (Wildman–Crippen LogP) is 2.79. The Kier molecular flexibility index (Phi) is 2.89. The van der Waals surface area contributed by atoms with Crippen LogP contribution in [0, 0.1) is 0 Å². The molecule has 1 aliphatic carbocycles. The van der Waals surface area contributed by atoms with E-state index in [1.54, 1.807) is 0 Å². The summed E-state index contributed by atoms with van der Waals surface area (Å²) >= 11 is 0. The van der Waals surface area contributed by atoms with Gasteiger partial charge in [-0.3, -0.25) is 0 Å². The summed E-state index contributed by atoms with van der Waals surface area (Å²) in [6.45, 7) is 4.19. The van der Waals surface area contributed by atoms with Gasteiger partial charge >= 0.3 is 0 Å². The molecule has 4 heteroatoms. The Bertz CT molecular complexity index is 624. The zero-order valence-corrected chi connectivity index (χ0v) is 12.4. The third kappa shape index (κ3) is 1.93. The molecule has 2 aromatic rings. The van der Waals surface area contributed by atoms with Crippen LogP contribution >= 0.6 is 0 Å². The standard InChI is InChI=1S/C17H21N3O/c1-2-16(10-11-18-12-16)15-19-14(20-21-15)17(8-9-17)13-6-4-3-5-7-13/h3-7,18H,2,8-12H2,1H3. The van der Waals surface area contributed by atoms with Crippen molar-refractivity contribution in [2.45, 2.75) is 43.4 Å². The van der Waals surface area contributed by atoms with E-state index in [2.05, 4.69) is 47.7 Å². The maximum absolute atomic E-state index is 5.69. The van der Waals surface area contributed by atoms with Crippen LogP contribution in [0.2, 0.25) is 0 Å². The number of nitrogens with one attached hydrogen (secondary N) is 1. The number of aromatic nitrogens is 2. The van der Waals surface area contributed by atoms with Crippen LogP contribution in [0.25, 0.3) is 0 Å². The van der Waals surface area contributed by atoms with Crippen LogP contribution in [0.5, 0.6) is 0 Å². The van der Waals surface area contributed by atoms with Gasteiger partial charge in [0.1, 0.15) is 0 Å². The van der Waals surface area contributed by atoms with Gasteiger partial charge in [-0.1, -0.05) is 42.4 Å². The van der Waals surface area contributed by atoms with E-state index < -0.39 is 0 Å². The summed E-state index contributed by atoms with van der Waals surface area (Å²) in [4.78, 5) is 4.83. The van der Waals surface area contributed by atoms with Crippen molar-refractivity contribution < 1.29 is 4.52 Å². The number of benzene rings is 1. The van der Waals surface area contributed by atoms with Gasteiger partial charge in [0.2, 0.25) is 5.89 Å². The fraction of sp³-hybridized carbons (Fsp3) is 0.529. The lowest BCUT2D eigenvalue weighted by molar-refractivity contribution is 0.283. The average molecular weight is 283 g/mol. The van der Waals surface area contributed by atoms with Gasteiger partial charge in [0.25, 0.3) is 0 Å². The van der Waals surface area contributed by atoms with Gasteiger partial charge in [-0.25, -0.2) is 0 Å². The molecular weight excluding hydrogens is 262 g/mol. The van der Waals surface area contributed by atoms with Gasteiger partial charge in [0, 0.05) is 6.54 Å². The Labute approximate surface area is 124 Å². The molecule has 1 N–H and O–H groups in total. The molecule has 4 nitrogen and oxygen atoms in total. The number of nitrogens with zero attached hydrogens (tertiary/aromatic N) is 2. The smallest absolute Gasteiger partial charge is 0.234 e. The van der Waals surface area contributed by atoms with Crippen molar-refractivity contribution in [1.29, 1.82) is 0 Å². The lowest BCUT2D eigenvalue weighted by Gasteiger charge is -2.21. The molecule has 0 amide bonds. The van der Waals surface area contributed by atoms with E-state index in [4.69, 9.17) is 9.51 Å². The maximum Gasteiger partial charge on any atom is 0.234 e. The highest BCUT2D eigenvalue weighted by Gasteiger charge is 2.51. The summed E-state index contributed by atoms with van der Waals surface area (Å²) in [5.74, 6) is 1.70. The van der Waals surface area contributed by atoms with E-state index in [1.807, 2.05) is 0 Å². The second kappa shape index (κ2) is 4.67. The quantitative estimate of drug-likeness (QED) is 0.937. The van der Waals surface area contributed by atoms with E-state index >= 15 is 0 Å². The van der Waals surface area contributed by atoms with Gasteiger partial charge in [-0.2, -0.15) is 4.98 Å². The van der Waals surface area contributed by atoms with Crippen LogP contribution < -0.4 is 5.32 Å².